The summed E-state index contributed by atoms with van der Waals surface area (Å²) >= 11 is 2.36. The summed E-state index contributed by atoms with van der Waals surface area (Å²) < 4.78 is 28.6. The van der Waals surface area contributed by atoms with Gasteiger partial charge in [0.05, 0.1) is 0 Å². The van der Waals surface area contributed by atoms with Crippen molar-refractivity contribution in [1.29, 1.82) is 0 Å². The Balaban J connectivity index is 1.86. The minimum atomic E-state index is -3.68. The summed E-state index contributed by atoms with van der Waals surface area (Å²) in [5.41, 5.74) is 3.52. The van der Waals surface area contributed by atoms with Crippen molar-refractivity contribution >= 4 is 54.4 Å². The van der Waals surface area contributed by atoms with E-state index in [1.807, 2.05) is 30.3 Å². The van der Waals surface area contributed by atoms with E-state index in [1.165, 1.54) is 17.4 Å². The van der Waals surface area contributed by atoms with E-state index in [2.05, 4.69) is 4.72 Å². The summed E-state index contributed by atoms with van der Waals surface area (Å²) in [6, 6.07) is 17.6. The number of thiophene rings is 2. The number of hydrogen-bond acceptors (Lipinski definition) is 6. The van der Waals surface area contributed by atoms with Gasteiger partial charge in [0.1, 0.15) is 9.09 Å². The number of nitrogens with one attached hydrogen (secondary N) is 2. The molecule has 142 valence electrons. The number of rotatable bonds is 5. The lowest BCUT2D eigenvalue weighted by Gasteiger charge is -2.08. The molecule has 0 aliphatic carbocycles. The molecule has 0 unspecified atom stereocenters. The molecule has 0 fully saturated rings. The summed E-state index contributed by atoms with van der Waals surface area (Å²) in [6.45, 7) is 0. The number of benzene rings is 2. The van der Waals surface area contributed by atoms with Gasteiger partial charge in [-0.25, -0.2) is 13.9 Å². The van der Waals surface area contributed by atoms with Crippen LogP contribution in [0.4, 0.5) is 5.69 Å². The van der Waals surface area contributed by atoms with Crippen LogP contribution in [0.15, 0.2) is 70.3 Å². The lowest BCUT2D eigenvalue weighted by molar-refractivity contribution is 0.0711. The first-order valence-electron chi connectivity index (χ1n) is 8.12. The lowest BCUT2D eigenvalue weighted by Crippen LogP contribution is -2.17. The normalized spacial score (nSPS) is 11.5. The Labute approximate surface area is 169 Å². The fourth-order valence-corrected chi connectivity index (χ4v) is 6.02. The van der Waals surface area contributed by atoms with E-state index in [-0.39, 0.29) is 4.21 Å². The third-order valence-corrected chi connectivity index (χ3v) is 8.02. The van der Waals surface area contributed by atoms with Crippen LogP contribution in [0.3, 0.4) is 0 Å². The van der Waals surface area contributed by atoms with Gasteiger partial charge in [-0.2, -0.15) is 0 Å². The summed E-state index contributed by atoms with van der Waals surface area (Å²) in [6.07, 6.45) is 0. The van der Waals surface area contributed by atoms with Crippen LogP contribution in [0.1, 0.15) is 9.67 Å². The Morgan fingerprint density at radius 1 is 1.00 bits per heavy atom. The molecule has 4 aromatic rings. The first-order chi connectivity index (χ1) is 13.5. The quantitative estimate of drug-likeness (QED) is 0.320. The van der Waals surface area contributed by atoms with Gasteiger partial charge in [0.2, 0.25) is 0 Å². The largest absolute Gasteiger partial charge is 0.288 e. The second-order valence-electron chi connectivity index (χ2n) is 5.86. The maximum atomic E-state index is 12.5. The predicted octanol–water partition coefficient (Wildman–Crippen LogP) is 4.55. The number of anilines is 1. The number of amides is 1. The molecular weight excluding hydrogens is 416 g/mol. The minimum Gasteiger partial charge on any atom is -0.288 e. The van der Waals surface area contributed by atoms with Crippen molar-refractivity contribution in [2.24, 2.45) is 0 Å². The second kappa shape index (κ2) is 7.36. The molecule has 0 aliphatic rings. The summed E-state index contributed by atoms with van der Waals surface area (Å²) in [5.74, 6) is -0.610. The van der Waals surface area contributed by atoms with Gasteiger partial charge in [0.15, 0.2) is 0 Å². The number of hydroxylamine groups is 1. The Bertz CT molecular complexity index is 1250. The van der Waals surface area contributed by atoms with Gasteiger partial charge in [-0.1, -0.05) is 36.4 Å². The average Bonchev–Trinajstić information content (AvgIpc) is 3.36. The molecule has 0 saturated heterocycles. The van der Waals surface area contributed by atoms with E-state index in [9.17, 15) is 13.2 Å². The standard InChI is InChI=1S/C19H14N2O4S3/c22-19(20-23)18-17(12-5-2-1-3-6-12)14-11-13(8-9-15(14)27-18)21-28(24,25)16-7-4-10-26-16/h1-11,21,23H,(H,20,22). The van der Waals surface area contributed by atoms with Crippen molar-refractivity contribution in [3.8, 4) is 11.1 Å². The third kappa shape index (κ3) is 3.40. The maximum Gasteiger partial charge on any atom is 0.285 e. The SMILES string of the molecule is O=C(NO)c1sc2ccc(NS(=O)(=O)c3cccs3)cc2c1-c1ccccc1. The molecule has 4 rings (SSSR count). The first kappa shape index (κ1) is 18.6. The van der Waals surface area contributed by atoms with Crippen molar-refractivity contribution in [2.75, 3.05) is 4.72 Å². The van der Waals surface area contributed by atoms with E-state index < -0.39 is 15.9 Å². The zero-order valence-corrected chi connectivity index (χ0v) is 16.7. The Morgan fingerprint density at radius 3 is 2.46 bits per heavy atom. The van der Waals surface area contributed by atoms with Crippen LogP contribution >= 0.6 is 22.7 Å². The minimum absolute atomic E-state index is 0.224. The highest BCUT2D eigenvalue weighted by atomic mass is 32.2. The highest BCUT2D eigenvalue weighted by Crippen LogP contribution is 2.40. The fourth-order valence-electron chi connectivity index (χ4n) is 2.89. The van der Waals surface area contributed by atoms with E-state index in [0.29, 0.717) is 16.1 Å². The molecule has 3 N–H and O–H groups in total. The maximum absolute atomic E-state index is 12.5. The highest BCUT2D eigenvalue weighted by Gasteiger charge is 2.21. The predicted molar refractivity (Wildman–Crippen MR) is 112 cm³/mol. The number of carbonyl (C=O) groups excluding carboxylic acids is 1. The van der Waals surface area contributed by atoms with E-state index in [0.717, 1.165) is 27.0 Å². The molecule has 2 aromatic carbocycles. The molecular formula is C19H14N2O4S3. The topological polar surface area (TPSA) is 95.5 Å². The van der Waals surface area contributed by atoms with Gasteiger partial charge < -0.3 is 0 Å². The van der Waals surface area contributed by atoms with Crippen LogP contribution in [0.25, 0.3) is 21.2 Å². The summed E-state index contributed by atoms with van der Waals surface area (Å²) in [7, 11) is -3.68. The monoisotopic (exact) mass is 430 g/mol. The molecule has 0 spiro atoms. The molecule has 28 heavy (non-hydrogen) atoms. The second-order valence-corrected chi connectivity index (χ2v) is 9.77. The molecule has 0 aliphatic heterocycles. The fraction of sp³-hybridized carbons (Fsp3) is 0. The van der Waals surface area contributed by atoms with Crippen molar-refractivity contribution in [3.05, 3.63) is 70.9 Å². The smallest absolute Gasteiger partial charge is 0.285 e. The van der Waals surface area contributed by atoms with Crippen molar-refractivity contribution in [1.82, 2.24) is 5.48 Å². The molecule has 6 nitrogen and oxygen atoms in total. The Hall–Kier alpha value is -2.72. The number of sulfonamides is 1. The lowest BCUT2D eigenvalue weighted by atomic mass is 10.0. The van der Waals surface area contributed by atoms with Gasteiger partial charge in [0.25, 0.3) is 15.9 Å². The molecule has 1 amide bonds. The van der Waals surface area contributed by atoms with Crippen molar-refractivity contribution in [3.63, 3.8) is 0 Å². The van der Waals surface area contributed by atoms with Gasteiger partial charge in [-0.3, -0.25) is 14.7 Å². The number of fused-ring (bicyclic) bond motifs is 1. The molecule has 9 heteroatoms. The summed E-state index contributed by atoms with van der Waals surface area (Å²) in [4.78, 5) is 12.5. The van der Waals surface area contributed by atoms with Gasteiger partial charge in [-0.15, -0.1) is 22.7 Å². The van der Waals surface area contributed by atoms with Gasteiger partial charge in [-0.05, 0) is 35.2 Å². The third-order valence-electron chi connectivity index (χ3n) is 4.07. The molecule has 0 radical (unpaired) electrons. The average molecular weight is 431 g/mol. The molecule has 0 bridgehead atoms. The number of hydrogen-bond donors (Lipinski definition) is 3. The van der Waals surface area contributed by atoms with Crippen LogP contribution in [-0.2, 0) is 10.0 Å². The molecule has 2 aromatic heterocycles. The van der Waals surface area contributed by atoms with Crippen LogP contribution in [0.5, 0.6) is 0 Å². The molecule has 0 atom stereocenters. The highest BCUT2D eigenvalue weighted by molar-refractivity contribution is 7.94. The van der Waals surface area contributed by atoms with Crippen molar-refractivity contribution in [2.45, 2.75) is 4.21 Å². The first-order valence-corrected chi connectivity index (χ1v) is 11.3. The van der Waals surface area contributed by atoms with E-state index in [1.54, 1.807) is 35.1 Å². The zero-order chi connectivity index (χ0) is 19.7. The van der Waals surface area contributed by atoms with E-state index >= 15 is 0 Å². The van der Waals surface area contributed by atoms with Gasteiger partial charge in [0, 0.05) is 21.3 Å². The Kier molecular flexibility index (Phi) is 4.90. The van der Waals surface area contributed by atoms with E-state index in [4.69, 9.17) is 5.21 Å². The summed E-state index contributed by atoms with van der Waals surface area (Å²) in [5, 5.41) is 11.5. The molecule has 0 saturated carbocycles. The van der Waals surface area contributed by atoms with Gasteiger partial charge >= 0.3 is 0 Å². The zero-order valence-electron chi connectivity index (χ0n) is 14.2. The van der Waals surface area contributed by atoms with Crippen LogP contribution in [0.2, 0.25) is 0 Å². The number of carbonyl (C=O) groups is 1. The van der Waals surface area contributed by atoms with Crippen LogP contribution in [0, 0.1) is 0 Å². The van der Waals surface area contributed by atoms with Crippen molar-refractivity contribution < 1.29 is 18.4 Å². The van der Waals surface area contributed by atoms with Crippen LogP contribution in [-0.4, -0.2) is 19.5 Å². The van der Waals surface area contributed by atoms with Crippen LogP contribution < -0.4 is 10.2 Å². The molecule has 2 heterocycles. The Morgan fingerprint density at radius 2 is 1.79 bits per heavy atom.